The fourth-order valence-corrected chi connectivity index (χ4v) is 1.41. The molecule has 1 aromatic carbocycles. The van der Waals surface area contributed by atoms with E-state index in [-0.39, 0.29) is 0 Å². The molecule has 4 heteroatoms. The predicted molar refractivity (Wildman–Crippen MR) is 61.9 cm³/mol. The smallest absolute Gasteiger partial charge is 0.163 e. The predicted octanol–water partition coefficient (Wildman–Crippen LogP) is 1.84. The Bertz CT molecular complexity index is 350. The highest BCUT2D eigenvalue weighted by atomic mass is 16.5. The van der Waals surface area contributed by atoms with Crippen LogP contribution < -0.4 is 15.2 Å². The number of benzene rings is 1. The molecular weight excluding hydrogens is 206 g/mol. The third kappa shape index (κ3) is 3.03. The van der Waals surface area contributed by atoms with E-state index in [0.29, 0.717) is 36.5 Å². The fourth-order valence-electron chi connectivity index (χ4n) is 1.41. The largest absolute Gasteiger partial charge is 0.493 e. The minimum Gasteiger partial charge on any atom is -0.493 e. The van der Waals surface area contributed by atoms with Crippen molar-refractivity contribution in [2.75, 3.05) is 26.1 Å². The Balaban J connectivity index is 1.83. The molecule has 0 spiro atoms. The van der Waals surface area contributed by atoms with Crippen LogP contribution in [0.3, 0.4) is 0 Å². The first-order valence-corrected chi connectivity index (χ1v) is 5.47. The van der Waals surface area contributed by atoms with Gasteiger partial charge in [0.15, 0.2) is 11.5 Å². The van der Waals surface area contributed by atoms with Crippen LogP contribution in [-0.2, 0) is 4.74 Å². The van der Waals surface area contributed by atoms with Gasteiger partial charge < -0.3 is 19.9 Å². The summed E-state index contributed by atoms with van der Waals surface area (Å²) in [6, 6.07) is 5.34. The van der Waals surface area contributed by atoms with E-state index in [0.717, 1.165) is 0 Å². The average Bonchev–Trinajstić information content (AvgIpc) is 3.08. The molecule has 16 heavy (non-hydrogen) atoms. The van der Waals surface area contributed by atoms with E-state index in [4.69, 9.17) is 19.9 Å². The monoisotopic (exact) mass is 223 g/mol. The lowest BCUT2D eigenvalue weighted by atomic mass is 10.3. The van der Waals surface area contributed by atoms with Crippen LogP contribution >= 0.6 is 0 Å². The van der Waals surface area contributed by atoms with Crippen molar-refractivity contribution in [2.45, 2.75) is 18.9 Å². The zero-order chi connectivity index (χ0) is 11.4. The van der Waals surface area contributed by atoms with E-state index < -0.39 is 0 Å². The van der Waals surface area contributed by atoms with Gasteiger partial charge in [0.25, 0.3) is 0 Å². The van der Waals surface area contributed by atoms with Crippen molar-refractivity contribution in [3.63, 3.8) is 0 Å². The van der Waals surface area contributed by atoms with E-state index >= 15 is 0 Å². The van der Waals surface area contributed by atoms with Gasteiger partial charge in [-0.15, -0.1) is 0 Å². The molecule has 88 valence electrons. The summed E-state index contributed by atoms with van der Waals surface area (Å²) in [7, 11) is 1.61. The summed E-state index contributed by atoms with van der Waals surface area (Å²) in [6.07, 6.45) is 2.83. The lowest BCUT2D eigenvalue weighted by Gasteiger charge is -2.11. The van der Waals surface area contributed by atoms with Crippen LogP contribution in [0, 0.1) is 0 Å². The third-order valence-corrected chi connectivity index (χ3v) is 2.41. The van der Waals surface area contributed by atoms with Gasteiger partial charge in [-0.05, 0) is 25.0 Å². The van der Waals surface area contributed by atoms with Gasteiger partial charge in [-0.3, -0.25) is 0 Å². The normalized spacial score (nSPS) is 14.8. The second-order valence-corrected chi connectivity index (χ2v) is 3.83. The van der Waals surface area contributed by atoms with Crippen molar-refractivity contribution in [1.29, 1.82) is 0 Å². The fraction of sp³-hybridized carbons (Fsp3) is 0.500. The number of hydrogen-bond donors (Lipinski definition) is 1. The van der Waals surface area contributed by atoms with Crippen LogP contribution in [0.25, 0.3) is 0 Å². The highest BCUT2D eigenvalue weighted by molar-refractivity contribution is 5.51. The maximum absolute atomic E-state index is 5.68. The van der Waals surface area contributed by atoms with Crippen LogP contribution in [-0.4, -0.2) is 26.4 Å². The Hall–Kier alpha value is -1.42. The topological polar surface area (TPSA) is 53.7 Å². The Labute approximate surface area is 95.3 Å². The lowest BCUT2D eigenvalue weighted by molar-refractivity contribution is 0.0872. The number of ether oxygens (including phenoxy) is 3. The van der Waals surface area contributed by atoms with Gasteiger partial charge in [-0.1, -0.05) is 0 Å². The molecule has 1 aliphatic rings. The SMILES string of the molecule is COc1ccc(N)cc1OCCOC1CC1. The summed E-state index contributed by atoms with van der Waals surface area (Å²) >= 11 is 0. The van der Waals surface area contributed by atoms with Crippen molar-refractivity contribution >= 4 is 5.69 Å². The molecule has 4 nitrogen and oxygen atoms in total. The second kappa shape index (κ2) is 5.07. The Morgan fingerprint density at radius 3 is 2.75 bits per heavy atom. The summed E-state index contributed by atoms with van der Waals surface area (Å²) in [4.78, 5) is 0. The molecule has 2 N–H and O–H groups in total. The van der Waals surface area contributed by atoms with E-state index in [9.17, 15) is 0 Å². The Morgan fingerprint density at radius 2 is 2.06 bits per heavy atom. The number of nitrogen functional groups attached to an aromatic ring is 1. The number of methoxy groups -OCH3 is 1. The van der Waals surface area contributed by atoms with E-state index in [1.165, 1.54) is 12.8 Å². The number of rotatable bonds is 6. The lowest BCUT2D eigenvalue weighted by Crippen LogP contribution is -2.08. The third-order valence-electron chi connectivity index (χ3n) is 2.41. The molecule has 0 radical (unpaired) electrons. The number of nitrogens with two attached hydrogens (primary N) is 1. The molecule has 0 atom stereocenters. The van der Waals surface area contributed by atoms with Crippen LogP contribution in [0.1, 0.15) is 12.8 Å². The van der Waals surface area contributed by atoms with E-state index in [1.54, 1.807) is 25.3 Å². The van der Waals surface area contributed by atoms with Crippen LogP contribution in [0.5, 0.6) is 11.5 Å². The molecule has 0 heterocycles. The number of hydrogen-bond acceptors (Lipinski definition) is 4. The van der Waals surface area contributed by atoms with Gasteiger partial charge in [0.1, 0.15) is 6.61 Å². The van der Waals surface area contributed by atoms with Crippen molar-refractivity contribution in [1.82, 2.24) is 0 Å². The quantitative estimate of drug-likeness (QED) is 0.590. The summed E-state index contributed by atoms with van der Waals surface area (Å²) in [6.45, 7) is 1.14. The van der Waals surface area contributed by atoms with Gasteiger partial charge in [-0.2, -0.15) is 0 Å². The molecule has 0 aliphatic heterocycles. The van der Waals surface area contributed by atoms with Crippen LogP contribution in [0.4, 0.5) is 5.69 Å². The molecule has 0 saturated heterocycles. The van der Waals surface area contributed by atoms with E-state index in [2.05, 4.69) is 0 Å². The van der Waals surface area contributed by atoms with Crippen molar-refractivity contribution in [2.24, 2.45) is 0 Å². The van der Waals surface area contributed by atoms with Crippen molar-refractivity contribution in [3.05, 3.63) is 18.2 Å². The van der Waals surface area contributed by atoms with Crippen LogP contribution in [0.2, 0.25) is 0 Å². The molecule has 0 bridgehead atoms. The standard InChI is InChI=1S/C12H17NO3/c1-14-11-5-2-9(13)8-12(11)16-7-6-15-10-3-4-10/h2,5,8,10H,3-4,6-7,13H2,1H3. The van der Waals surface area contributed by atoms with Crippen LogP contribution in [0.15, 0.2) is 18.2 Å². The summed E-state index contributed by atoms with van der Waals surface area (Å²) in [5, 5.41) is 0. The maximum atomic E-state index is 5.68. The van der Waals surface area contributed by atoms with Gasteiger partial charge in [0.05, 0.1) is 19.8 Å². The second-order valence-electron chi connectivity index (χ2n) is 3.83. The zero-order valence-corrected chi connectivity index (χ0v) is 9.44. The van der Waals surface area contributed by atoms with E-state index in [1.807, 2.05) is 0 Å². The maximum Gasteiger partial charge on any atom is 0.163 e. The summed E-state index contributed by atoms with van der Waals surface area (Å²) in [5.41, 5.74) is 6.34. The van der Waals surface area contributed by atoms with Gasteiger partial charge in [0.2, 0.25) is 0 Å². The van der Waals surface area contributed by atoms with Crippen molar-refractivity contribution in [3.8, 4) is 11.5 Å². The van der Waals surface area contributed by atoms with Gasteiger partial charge in [-0.25, -0.2) is 0 Å². The number of anilines is 1. The first-order valence-electron chi connectivity index (χ1n) is 5.47. The molecule has 1 aromatic rings. The Morgan fingerprint density at radius 1 is 1.25 bits per heavy atom. The van der Waals surface area contributed by atoms with Crippen molar-refractivity contribution < 1.29 is 14.2 Å². The zero-order valence-electron chi connectivity index (χ0n) is 9.44. The average molecular weight is 223 g/mol. The van der Waals surface area contributed by atoms with Gasteiger partial charge >= 0.3 is 0 Å². The molecule has 0 aromatic heterocycles. The molecule has 1 saturated carbocycles. The minimum atomic E-state index is 0.464. The minimum absolute atomic E-state index is 0.464. The highest BCUT2D eigenvalue weighted by Gasteiger charge is 2.21. The highest BCUT2D eigenvalue weighted by Crippen LogP contribution is 2.29. The first kappa shape index (κ1) is 11.1. The molecule has 1 fully saturated rings. The molecule has 2 rings (SSSR count). The summed E-state index contributed by atoms with van der Waals surface area (Å²) < 4.78 is 16.2. The molecule has 0 amide bonds. The first-order chi connectivity index (χ1) is 7.79. The summed E-state index contributed by atoms with van der Waals surface area (Å²) in [5.74, 6) is 1.36. The molecule has 0 unspecified atom stereocenters. The Kier molecular flexibility index (Phi) is 3.51. The van der Waals surface area contributed by atoms with Gasteiger partial charge in [0, 0.05) is 11.8 Å². The molecule has 1 aliphatic carbocycles. The molecular formula is C12H17NO3.